The Bertz CT molecular complexity index is 1260. The molecule has 0 aliphatic carbocycles. The first-order valence-corrected chi connectivity index (χ1v) is 11.4. The molecular formula is C25H29ClFN7. The lowest BCUT2D eigenvalue weighted by Crippen LogP contribution is -2.39. The predicted molar refractivity (Wildman–Crippen MR) is 138 cm³/mol. The van der Waals surface area contributed by atoms with Gasteiger partial charge in [0.2, 0.25) is 0 Å². The Hall–Kier alpha value is -3.23. The van der Waals surface area contributed by atoms with E-state index in [-0.39, 0.29) is 30.2 Å². The third kappa shape index (κ3) is 4.69. The summed E-state index contributed by atoms with van der Waals surface area (Å²) in [7, 11) is 0. The van der Waals surface area contributed by atoms with Gasteiger partial charge in [0.1, 0.15) is 17.3 Å². The van der Waals surface area contributed by atoms with Crippen LogP contribution in [0.5, 0.6) is 0 Å². The molecule has 0 saturated carbocycles. The van der Waals surface area contributed by atoms with Crippen LogP contribution in [0.2, 0.25) is 0 Å². The van der Waals surface area contributed by atoms with E-state index in [1.807, 2.05) is 18.5 Å². The molecule has 0 radical (unpaired) electrons. The molecule has 1 aliphatic rings. The Labute approximate surface area is 204 Å². The van der Waals surface area contributed by atoms with Crippen LogP contribution in [0, 0.1) is 5.82 Å². The van der Waals surface area contributed by atoms with E-state index in [2.05, 4.69) is 39.0 Å². The maximum absolute atomic E-state index is 13.4. The van der Waals surface area contributed by atoms with Gasteiger partial charge < -0.3 is 20.9 Å². The number of halogens is 2. The molecule has 1 fully saturated rings. The molecule has 7 nitrogen and oxygen atoms in total. The van der Waals surface area contributed by atoms with E-state index in [9.17, 15) is 4.39 Å². The lowest BCUT2D eigenvalue weighted by atomic mass is 10.0. The van der Waals surface area contributed by atoms with E-state index in [4.69, 9.17) is 10.7 Å². The molecule has 0 spiro atoms. The van der Waals surface area contributed by atoms with Crippen molar-refractivity contribution in [2.75, 3.05) is 23.3 Å². The minimum absolute atomic E-state index is 0. The van der Waals surface area contributed by atoms with Crippen LogP contribution in [0.4, 0.5) is 21.6 Å². The number of aromatic amines is 1. The Morgan fingerprint density at radius 1 is 1.12 bits per heavy atom. The highest BCUT2D eigenvalue weighted by molar-refractivity contribution is 6.01. The van der Waals surface area contributed by atoms with Crippen molar-refractivity contribution in [3.8, 4) is 11.4 Å². The number of pyridine rings is 1. The van der Waals surface area contributed by atoms with Gasteiger partial charge in [-0.2, -0.15) is 0 Å². The summed E-state index contributed by atoms with van der Waals surface area (Å²) in [5, 5.41) is 4.59. The zero-order chi connectivity index (χ0) is 22.9. The van der Waals surface area contributed by atoms with E-state index in [1.165, 1.54) is 12.1 Å². The maximum Gasteiger partial charge on any atom is 0.161 e. The molecule has 34 heavy (non-hydrogen) atoms. The number of anilines is 3. The number of fused-ring (bicyclic) bond motifs is 1. The van der Waals surface area contributed by atoms with Crippen molar-refractivity contribution in [1.82, 2.24) is 19.9 Å². The summed E-state index contributed by atoms with van der Waals surface area (Å²) in [6.45, 7) is 6.06. The minimum Gasteiger partial charge on any atom is -0.370 e. The Kier molecular flexibility index (Phi) is 7.00. The summed E-state index contributed by atoms with van der Waals surface area (Å²) < 4.78 is 13.4. The molecule has 1 saturated heterocycles. The highest BCUT2D eigenvalue weighted by atomic mass is 35.5. The standard InChI is InChI=1S/C25H28FN7.ClH/c1-15(2)19-13-29-23(16-3-5-17(26)6-4-16)32-24(19)31-20-7-10-28-25-22(20)21(14-30-25)33-11-8-18(27)9-12-33;/h3-7,10,13-15,18H,8-9,11-12,27H2,1-2H3,(H2,28,29,30,31,32);1H. The van der Waals surface area contributed by atoms with E-state index in [0.29, 0.717) is 5.82 Å². The number of nitrogens with zero attached hydrogens (tertiary/aromatic N) is 4. The third-order valence-electron chi connectivity index (χ3n) is 6.23. The summed E-state index contributed by atoms with van der Waals surface area (Å²) in [5.41, 5.74) is 10.8. The number of hydrogen-bond acceptors (Lipinski definition) is 6. The molecule has 1 aromatic carbocycles. The molecule has 0 amide bonds. The largest absolute Gasteiger partial charge is 0.370 e. The van der Waals surface area contributed by atoms with E-state index in [1.54, 1.807) is 18.3 Å². The number of aromatic nitrogens is 4. The first kappa shape index (κ1) is 23.9. The van der Waals surface area contributed by atoms with Crippen molar-refractivity contribution < 1.29 is 4.39 Å². The van der Waals surface area contributed by atoms with Crippen LogP contribution in [0.1, 0.15) is 38.2 Å². The Morgan fingerprint density at radius 2 is 1.85 bits per heavy atom. The minimum atomic E-state index is -0.284. The van der Waals surface area contributed by atoms with E-state index >= 15 is 0 Å². The van der Waals surface area contributed by atoms with Gasteiger partial charge in [0, 0.05) is 48.8 Å². The number of nitrogens with two attached hydrogens (primary N) is 1. The summed E-state index contributed by atoms with van der Waals surface area (Å²) in [6, 6.07) is 8.47. The second-order valence-corrected chi connectivity index (χ2v) is 8.86. The molecule has 0 bridgehead atoms. The van der Waals surface area contributed by atoms with Gasteiger partial charge in [-0.1, -0.05) is 13.8 Å². The van der Waals surface area contributed by atoms with Crippen LogP contribution in [0.25, 0.3) is 22.4 Å². The lowest BCUT2D eigenvalue weighted by molar-refractivity contribution is 0.502. The fraction of sp³-hybridized carbons (Fsp3) is 0.320. The molecule has 178 valence electrons. The topological polar surface area (TPSA) is 95.8 Å². The van der Waals surface area contributed by atoms with Crippen LogP contribution in [-0.4, -0.2) is 39.1 Å². The number of hydrogen-bond donors (Lipinski definition) is 3. The van der Waals surface area contributed by atoms with Crippen molar-refractivity contribution >= 4 is 40.6 Å². The molecular weight excluding hydrogens is 453 g/mol. The van der Waals surface area contributed by atoms with Gasteiger partial charge in [0.05, 0.1) is 16.8 Å². The first-order valence-electron chi connectivity index (χ1n) is 11.4. The Balaban J connectivity index is 0.00000274. The highest BCUT2D eigenvalue weighted by Crippen LogP contribution is 2.36. The number of piperidine rings is 1. The van der Waals surface area contributed by atoms with Gasteiger partial charge in [-0.15, -0.1) is 12.4 Å². The molecule has 3 aromatic heterocycles. The maximum atomic E-state index is 13.4. The molecule has 1 aliphatic heterocycles. The molecule has 9 heteroatoms. The SMILES string of the molecule is CC(C)c1cnc(-c2ccc(F)cc2)nc1Nc1ccnc2[nH]cc(N3CCC(N)CC3)c12.Cl. The normalized spacial score (nSPS) is 14.4. The summed E-state index contributed by atoms with van der Waals surface area (Å²) in [5.74, 6) is 1.22. The smallest absolute Gasteiger partial charge is 0.161 e. The second kappa shape index (κ2) is 9.95. The van der Waals surface area contributed by atoms with Gasteiger partial charge >= 0.3 is 0 Å². The summed E-state index contributed by atoms with van der Waals surface area (Å²) in [4.78, 5) is 19.6. The summed E-state index contributed by atoms with van der Waals surface area (Å²) >= 11 is 0. The zero-order valence-electron chi connectivity index (χ0n) is 19.3. The number of nitrogens with one attached hydrogen (secondary N) is 2. The van der Waals surface area contributed by atoms with E-state index < -0.39 is 0 Å². The highest BCUT2D eigenvalue weighted by Gasteiger charge is 2.21. The predicted octanol–water partition coefficient (Wildman–Crippen LogP) is 5.38. The van der Waals surface area contributed by atoms with Crippen LogP contribution in [0.15, 0.2) is 48.9 Å². The van der Waals surface area contributed by atoms with Crippen molar-refractivity contribution in [1.29, 1.82) is 0 Å². The van der Waals surface area contributed by atoms with Gasteiger partial charge in [0.15, 0.2) is 5.82 Å². The van der Waals surface area contributed by atoms with Crippen LogP contribution in [0.3, 0.4) is 0 Å². The first-order chi connectivity index (χ1) is 16.0. The van der Waals surface area contributed by atoms with Crippen LogP contribution >= 0.6 is 12.4 Å². The fourth-order valence-corrected chi connectivity index (χ4v) is 4.31. The van der Waals surface area contributed by atoms with Gasteiger partial charge in [0.25, 0.3) is 0 Å². The zero-order valence-corrected chi connectivity index (χ0v) is 20.1. The molecule has 4 heterocycles. The summed E-state index contributed by atoms with van der Waals surface area (Å²) in [6.07, 6.45) is 7.60. The van der Waals surface area contributed by atoms with Crippen LogP contribution < -0.4 is 16.0 Å². The van der Waals surface area contributed by atoms with Crippen molar-refractivity contribution in [3.05, 3.63) is 60.3 Å². The van der Waals surface area contributed by atoms with Gasteiger partial charge in [-0.05, 0) is 49.1 Å². The molecule has 4 N–H and O–H groups in total. The number of H-pyrrole nitrogens is 1. The Morgan fingerprint density at radius 3 is 2.56 bits per heavy atom. The third-order valence-corrected chi connectivity index (χ3v) is 6.23. The average molecular weight is 482 g/mol. The average Bonchev–Trinajstić information content (AvgIpc) is 3.25. The van der Waals surface area contributed by atoms with Gasteiger partial charge in [-0.3, -0.25) is 0 Å². The quantitative estimate of drug-likeness (QED) is 0.354. The molecule has 0 atom stereocenters. The van der Waals surface area contributed by atoms with Crippen molar-refractivity contribution in [2.45, 2.75) is 38.6 Å². The molecule has 5 rings (SSSR count). The van der Waals surface area contributed by atoms with E-state index in [0.717, 1.165) is 65.3 Å². The monoisotopic (exact) mass is 481 g/mol. The van der Waals surface area contributed by atoms with Crippen molar-refractivity contribution in [3.63, 3.8) is 0 Å². The number of benzene rings is 1. The number of rotatable bonds is 5. The molecule has 0 unspecified atom stereocenters. The second-order valence-electron chi connectivity index (χ2n) is 8.86. The van der Waals surface area contributed by atoms with Crippen LogP contribution in [-0.2, 0) is 0 Å². The molecule has 4 aromatic rings. The fourth-order valence-electron chi connectivity index (χ4n) is 4.31. The van der Waals surface area contributed by atoms with Gasteiger partial charge in [-0.25, -0.2) is 19.3 Å². The lowest BCUT2D eigenvalue weighted by Gasteiger charge is -2.31. The van der Waals surface area contributed by atoms with Crippen molar-refractivity contribution in [2.24, 2.45) is 5.73 Å².